The van der Waals surface area contributed by atoms with Gasteiger partial charge in [-0.2, -0.15) is 5.06 Å². The molecule has 8 heteroatoms. The molecule has 2 rings (SSSR count). The SMILES string of the molecule is NC(=O)[C@@H]1CC[C@@H]2CN1C(=O)N2OCC(=O)O. The fourth-order valence-corrected chi connectivity index (χ4v) is 2.22. The molecule has 2 aliphatic rings. The minimum absolute atomic E-state index is 0.197. The maximum absolute atomic E-state index is 11.8. The van der Waals surface area contributed by atoms with E-state index in [2.05, 4.69) is 0 Å². The molecule has 0 aromatic rings. The van der Waals surface area contributed by atoms with E-state index in [9.17, 15) is 14.4 Å². The Balaban J connectivity index is 2.06. The van der Waals surface area contributed by atoms with Crippen LogP contribution in [0.3, 0.4) is 0 Å². The molecule has 3 N–H and O–H groups in total. The zero-order chi connectivity index (χ0) is 12.6. The summed E-state index contributed by atoms with van der Waals surface area (Å²) in [7, 11) is 0. The fraction of sp³-hybridized carbons (Fsp3) is 0.667. The van der Waals surface area contributed by atoms with Crippen molar-refractivity contribution in [1.82, 2.24) is 9.96 Å². The van der Waals surface area contributed by atoms with Crippen LogP contribution in [0.5, 0.6) is 0 Å². The second-order valence-electron chi connectivity index (χ2n) is 4.08. The van der Waals surface area contributed by atoms with Crippen LogP contribution < -0.4 is 5.73 Å². The highest BCUT2D eigenvalue weighted by atomic mass is 16.7. The molecule has 2 atom stereocenters. The minimum Gasteiger partial charge on any atom is -0.479 e. The van der Waals surface area contributed by atoms with Gasteiger partial charge in [0.15, 0.2) is 6.61 Å². The number of hydroxylamine groups is 2. The van der Waals surface area contributed by atoms with Gasteiger partial charge >= 0.3 is 12.0 Å². The third kappa shape index (κ3) is 2.03. The summed E-state index contributed by atoms with van der Waals surface area (Å²) in [5.41, 5.74) is 5.20. The van der Waals surface area contributed by atoms with E-state index in [0.29, 0.717) is 19.4 Å². The Kier molecular flexibility index (Phi) is 2.88. The Morgan fingerprint density at radius 1 is 1.47 bits per heavy atom. The van der Waals surface area contributed by atoms with Crippen LogP contribution in [-0.4, -0.2) is 58.2 Å². The smallest absolute Gasteiger partial charge is 0.345 e. The lowest BCUT2D eigenvalue weighted by molar-refractivity contribution is -0.167. The highest BCUT2D eigenvalue weighted by Gasteiger charge is 2.47. The maximum atomic E-state index is 11.8. The molecule has 2 heterocycles. The minimum atomic E-state index is -1.15. The van der Waals surface area contributed by atoms with Gasteiger partial charge in [-0.05, 0) is 12.8 Å². The lowest BCUT2D eigenvalue weighted by Gasteiger charge is -2.27. The van der Waals surface area contributed by atoms with Crippen molar-refractivity contribution >= 4 is 17.9 Å². The third-order valence-electron chi connectivity index (χ3n) is 2.98. The first-order valence-corrected chi connectivity index (χ1v) is 5.24. The van der Waals surface area contributed by atoms with Crippen LogP contribution in [0.2, 0.25) is 0 Å². The molecule has 2 bridgehead atoms. The number of hydrogen-bond donors (Lipinski definition) is 2. The Labute approximate surface area is 96.9 Å². The molecule has 2 saturated heterocycles. The topological polar surface area (TPSA) is 113 Å². The number of fused-ring (bicyclic) bond motifs is 2. The van der Waals surface area contributed by atoms with E-state index in [1.165, 1.54) is 4.90 Å². The molecule has 2 fully saturated rings. The summed E-state index contributed by atoms with van der Waals surface area (Å²) < 4.78 is 0. The van der Waals surface area contributed by atoms with E-state index in [1.54, 1.807) is 0 Å². The molecule has 0 saturated carbocycles. The van der Waals surface area contributed by atoms with E-state index in [0.717, 1.165) is 5.06 Å². The van der Waals surface area contributed by atoms with Gasteiger partial charge in [-0.1, -0.05) is 0 Å². The quantitative estimate of drug-likeness (QED) is 0.641. The van der Waals surface area contributed by atoms with Gasteiger partial charge in [-0.25, -0.2) is 9.59 Å². The maximum Gasteiger partial charge on any atom is 0.345 e. The molecule has 8 nitrogen and oxygen atoms in total. The van der Waals surface area contributed by atoms with E-state index in [-0.39, 0.29) is 6.04 Å². The highest BCUT2D eigenvalue weighted by molar-refractivity contribution is 5.87. The standard InChI is InChI=1S/C9H13N3O5/c10-8(15)6-2-1-5-3-11(6)9(16)12(5)17-4-7(13)14/h5-6H,1-4H2,(H2,10,15)(H,13,14)/t5-,6+/m1/s1. The predicted octanol–water partition coefficient (Wildman–Crippen LogP) is -1.24. The molecule has 0 aromatic carbocycles. The van der Waals surface area contributed by atoms with Gasteiger partial charge in [0.25, 0.3) is 0 Å². The number of carboxylic acids is 1. The fourth-order valence-electron chi connectivity index (χ4n) is 2.22. The number of carbonyl (C=O) groups excluding carboxylic acids is 2. The van der Waals surface area contributed by atoms with Crippen molar-refractivity contribution in [2.75, 3.05) is 13.2 Å². The first kappa shape index (κ1) is 11.6. The number of piperidine rings is 1. The summed E-state index contributed by atoms with van der Waals surface area (Å²) >= 11 is 0. The van der Waals surface area contributed by atoms with Crippen LogP contribution in [0.15, 0.2) is 0 Å². The van der Waals surface area contributed by atoms with Crippen molar-refractivity contribution in [3.05, 3.63) is 0 Å². The number of primary amides is 1. The van der Waals surface area contributed by atoms with Gasteiger partial charge in [-0.15, -0.1) is 0 Å². The zero-order valence-electron chi connectivity index (χ0n) is 9.04. The number of aliphatic carboxylic acids is 1. The van der Waals surface area contributed by atoms with Crippen molar-refractivity contribution in [3.63, 3.8) is 0 Å². The van der Waals surface area contributed by atoms with Crippen molar-refractivity contribution < 1.29 is 24.3 Å². The number of nitrogens with zero attached hydrogens (tertiary/aromatic N) is 2. The lowest BCUT2D eigenvalue weighted by Crippen LogP contribution is -2.47. The van der Waals surface area contributed by atoms with E-state index in [1.807, 2.05) is 0 Å². The van der Waals surface area contributed by atoms with Gasteiger partial charge in [0.2, 0.25) is 5.91 Å². The van der Waals surface area contributed by atoms with Gasteiger partial charge in [0, 0.05) is 6.54 Å². The molecule has 0 spiro atoms. The van der Waals surface area contributed by atoms with Crippen molar-refractivity contribution in [3.8, 4) is 0 Å². The number of hydrogen-bond acceptors (Lipinski definition) is 4. The van der Waals surface area contributed by atoms with Crippen LogP contribution in [0, 0.1) is 0 Å². The Morgan fingerprint density at radius 3 is 2.76 bits per heavy atom. The first-order valence-electron chi connectivity index (χ1n) is 5.24. The average molecular weight is 243 g/mol. The molecule has 0 radical (unpaired) electrons. The summed E-state index contributed by atoms with van der Waals surface area (Å²) in [5, 5.41) is 9.53. The second-order valence-corrected chi connectivity index (χ2v) is 4.08. The number of carboxylic acid groups (broad SMARTS) is 1. The summed E-state index contributed by atoms with van der Waals surface area (Å²) in [6.45, 7) is -0.219. The molecule has 0 aromatic heterocycles. The third-order valence-corrected chi connectivity index (χ3v) is 2.98. The summed E-state index contributed by atoms with van der Waals surface area (Å²) in [6, 6.07) is -1.30. The summed E-state index contributed by atoms with van der Waals surface area (Å²) in [6.07, 6.45) is 1.06. The van der Waals surface area contributed by atoms with Crippen molar-refractivity contribution in [2.24, 2.45) is 5.73 Å². The van der Waals surface area contributed by atoms with Crippen LogP contribution in [0.1, 0.15) is 12.8 Å². The number of rotatable bonds is 4. The highest BCUT2D eigenvalue weighted by Crippen LogP contribution is 2.29. The Hall–Kier alpha value is -1.83. The average Bonchev–Trinajstić information content (AvgIpc) is 2.49. The lowest BCUT2D eigenvalue weighted by atomic mass is 10.0. The monoisotopic (exact) mass is 243 g/mol. The van der Waals surface area contributed by atoms with Crippen molar-refractivity contribution in [1.29, 1.82) is 0 Å². The van der Waals surface area contributed by atoms with Crippen molar-refractivity contribution in [2.45, 2.75) is 24.9 Å². The molecule has 17 heavy (non-hydrogen) atoms. The summed E-state index contributed by atoms with van der Waals surface area (Å²) in [5.74, 6) is -1.70. The van der Waals surface area contributed by atoms with Gasteiger partial charge in [0.05, 0.1) is 6.04 Å². The summed E-state index contributed by atoms with van der Waals surface area (Å²) in [4.78, 5) is 39.6. The molecule has 94 valence electrons. The van der Waals surface area contributed by atoms with Gasteiger partial charge in [-0.3, -0.25) is 9.63 Å². The van der Waals surface area contributed by atoms with E-state index < -0.39 is 30.6 Å². The Bertz CT molecular complexity index is 372. The zero-order valence-corrected chi connectivity index (χ0v) is 9.04. The number of carbonyl (C=O) groups is 3. The second kappa shape index (κ2) is 4.21. The number of amides is 3. The van der Waals surface area contributed by atoms with Crippen LogP contribution in [0.4, 0.5) is 4.79 Å². The van der Waals surface area contributed by atoms with Crippen LogP contribution in [-0.2, 0) is 14.4 Å². The van der Waals surface area contributed by atoms with E-state index in [4.69, 9.17) is 15.7 Å². The van der Waals surface area contributed by atoms with Gasteiger partial charge < -0.3 is 15.7 Å². The van der Waals surface area contributed by atoms with E-state index >= 15 is 0 Å². The first-order chi connectivity index (χ1) is 8.00. The predicted molar refractivity (Wildman–Crippen MR) is 53.5 cm³/mol. The largest absolute Gasteiger partial charge is 0.479 e. The molecule has 0 unspecified atom stereocenters. The number of urea groups is 1. The molecule has 0 aliphatic carbocycles. The molecular formula is C9H13N3O5. The Morgan fingerprint density at radius 2 is 2.18 bits per heavy atom. The molecular weight excluding hydrogens is 230 g/mol. The normalized spacial score (nSPS) is 27.4. The molecule has 2 aliphatic heterocycles. The number of nitrogens with two attached hydrogens (primary N) is 1. The molecule has 3 amide bonds. The van der Waals surface area contributed by atoms with Gasteiger partial charge in [0.1, 0.15) is 6.04 Å². The van der Waals surface area contributed by atoms with Crippen LogP contribution >= 0.6 is 0 Å². The van der Waals surface area contributed by atoms with Crippen LogP contribution in [0.25, 0.3) is 0 Å².